The van der Waals surface area contributed by atoms with Crippen LogP contribution in [0.3, 0.4) is 0 Å². The highest BCUT2D eigenvalue weighted by Gasteiger charge is 2.19. The molecule has 172 valence electrons. The Balaban J connectivity index is 1.59. The van der Waals surface area contributed by atoms with E-state index in [1.807, 2.05) is 6.07 Å². The molecule has 0 saturated heterocycles. The largest absolute Gasteiger partial charge is 0.226 e. The van der Waals surface area contributed by atoms with Crippen molar-refractivity contribution in [2.45, 2.75) is 0 Å². The van der Waals surface area contributed by atoms with E-state index in [0.29, 0.717) is 11.6 Å². The van der Waals surface area contributed by atoms with Gasteiger partial charge in [0, 0.05) is 31.3 Å². The van der Waals surface area contributed by atoms with Gasteiger partial charge in [0.05, 0.1) is 0 Å². The van der Waals surface area contributed by atoms with Crippen LogP contribution in [0, 0.1) is 0 Å². The molecule has 2 heterocycles. The second kappa shape index (κ2) is 9.23. The lowest BCUT2D eigenvalue weighted by Crippen LogP contribution is -2.55. The Labute approximate surface area is 229 Å². The zero-order valence-corrected chi connectivity index (χ0v) is 23.1. The third-order valence-electron chi connectivity index (χ3n) is 7.69. The average Bonchev–Trinajstić information content (AvgIpc) is 3.30. The van der Waals surface area contributed by atoms with Crippen LogP contribution in [0.25, 0.3) is 54.1 Å². The third-order valence-corrected chi connectivity index (χ3v) is 9.08. The van der Waals surface area contributed by atoms with Crippen molar-refractivity contribution in [1.29, 1.82) is 0 Å². The lowest BCUT2D eigenvalue weighted by atomic mass is 9.59. The van der Waals surface area contributed by atoms with Gasteiger partial charge < -0.3 is 0 Å². The molecular weight excluding hydrogens is 488 g/mol. The zero-order chi connectivity index (χ0) is 25.8. The van der Waals surface area contributed by atoms with Crippen molar-refractivity contribution in [2.75, 3.05) is 0 Å². The molecule has 0 saturated carbocycles. The molecule has 0 fully saturated rings. The number of fused-ring (bicyclic) bond motifs is 3. The Kier molecular flexibility index (Phi) is 6.01. The second-order valence-electron chi connectivity index (χ2n) is 9.58. The highest BCUT2D eigenvalue weighted by Crippen LogP contribution is 2.39. The van der Waals surface area contributed by atoms with E-state index in [1.165, 1.54) is 48.3 Å². The predicted octanol–water partition coefficient (Wildman–Crippen LogP) is -0.814. The van der Waals surface area contributed by atoms with Crippen molar-refractivity contribution in [3.63, 3.8) is 0 Å². The van der Waals surface area contributed by atoms with Gasteiger partial charge in [-0.2, -0.15) is 9.97 Å². The maximum atomic E-state index is 6.55. The number of thiophene rings is 1. The van der Waals surface area contributed by atoms with Crippen molar-refractivity contribution in [3.8, 4) is 33.9 Å². The molecule has 0 bridgehead atoms. The summed E-state index contributed by atoms with van der Waals surface area (Å²) in [7, 11) is 11.0. The van der Waals surface area contributed by atoms with Crippen LogP contribution < -0.4 is 27.3 Å². The summed E-state index contributed by atoms with van der Waals surface area (Å²) in [6.07, 6.45) is 0. The van der Waals surface area contributed by atoms with Crippen LogP contribution in [-0.2, 0) is 0 Å². The molecule has 0 amide bonds. The molecule has 0 radical (unpaired) electrons. The fraction of sp³-hybridized carbons (Fsp3) is 0. The molecule has 2 aromatic heterocycles. The van der Waals surface area contributed by atoms with Gasteiger partial charge in [-0.15, -0.1) is 27.7 Å². The van der Waals surface area contributed by atoms with Crippen LogP contribution in [0.15, 0.2) is 66.7 Å². The van der Waals surface area contributed by atoms with Crippen molar-refractivity contribution >= 4 is 110 Å². The number of hydrogen-bond donors (Lipinski definition) is 0. The van der Waals surface area contributed by atoms with Crippen LogP contribution in [-0.4, -0.2) is 54.2 Å². The van der Waals surface area contributed by atoms with Gasteiger partial charge in [-0.05, 0) is 34.9 Å². The summed E-state index contributed by atoms with van der Waals surface area (Å²) in [5, 5.41) is 2.64. The molecule has 0 unspecified atom stereocenters. The van der Waals surface area contributed by atoms with Gasteiger partial charge >= 0.3 is 0 Å². The fourth-order valence-electron chi connectivity index (χ4n) is 5.31. The number of halogens is 1. The van der Waals surface area contributed by atoms with Gasteiger partial charge in [-0.3, -0.25) is 0 Å². The zero-order valence-electron chi connectivity index (χ0n) is 21.5. The van der Waals surface area contributed by atoms with Gasteiger partial charge in [0.15, 0.2) is 11.6 Å². The van der Waals surface area contributed by atoms with Crippen molar-refractivity contribution in [2.24, 2.45) is 0 Å². The summed E-state index contributed by atoms with van der Waals surface area (Å²) in [4.78, 5) is 14.2. The first-order valence-electron chi connectivity index (χ1n) is 12.3. The smallest absolute Gasteiger partial charge is 0.208 e. The minimum atomic E-state index is 0.192. The molecular formula is C27H21B5ClN3S. The number of benzene rings is 4. The molecule has 37 heavy (non-hydrogen) atoms. The SMILES string of the molecule is Bc1c(B)c(B)c(-c2ccccc2-c2nc(Cl)nc(-c3cccc4c3sc3ccccc34)n2)c(B)c1B. The molecule has 0 aliphatic carbocycles. The third kappa shape index (κ3) is 3.92. The van der Waals surface area contributed by atoms with Crippen LogP contribution in [0.4, 0.5) is 0 Å². The van der Waals surface area contributed by atoms with Crippen molar-refractivity contribution in [3.05, 3.63) is 72.0 Å². The van der Waals surface area contributed by atoms with Crippen LogP contribution in [0.5, 0.6) is 0 Å². The maximum absolute atomic E-state index is 6.55. The Morgan fingerprint density at radius 2 is 1.08 bits per heavy atom. The van der Waals surface area contributed by atoms with E-state index >= 15 is 0 Å². The van der Waals surface area contributed by atoms with Gasteiger partial charge in [-0.25, -0.2) is 4.98 Å². The fourth-order valence-corrected chi connectivity index (χ4v) is 6.69. The number of nitrogens with zero attached hydrogens (tertiary/aromatic N) is 3. The summed E-state index contributed by atoms with van der Waals surface area (Å²) >= 11 is 8.31. The lowest BCUT2D eigenvalue weighted by Gasteiger charge is -2.22. The summed E-state index contributed by atoms with van der Waals surface area (Å²) in [6.45, 7) is 0. The summed E-state index contributed by atoms with van der Waals surface area (Å²) in [6, 6.07) is 23.1. The van der Waals surface area contributed by atoms with E-state index < -0.39 is 0 Å². The van der Waals surface area contributed by atoms with Gasteiger partial charge in [0.2, 0.25) is 5.28 Å². The Morgan fingerprint density at radius 1 is 0.541 bits per heavy atom. The van der Waals surface area contributed by atoms with Gasteiger partial charge in [-0.1, -0.05) is 65.5 Å². The minimum Gasteiger partial charge on any atom is -0.208 e. The minimum absolute atomic E-state index is 0.192. The Hall–Kier alpha value is -3.28. The monoisotopic (exact) mass is 509 g/mol. The summed E-state index contributed by atoms with van der Waals surface area (Å²) in [5.41, 5.74) is 10.8. The Morgan fingerprint density at radius 3 is 1.81 bits per heavy atom. The lowest BCUT2D eigenvalue weighted by molar-refractivity contribution is 1.07. The first-order chi connectivity index (χ1) is 17.8. The van der Waals surface area contributed by atoms with E-state index in [0.717, 1.165) is 21.4 Å². The molecule has 6 aromatic rings. The normalized spacial score (nSPS) is 11.4. The van der Waals surface area contributed by atoms with E-state index in [-0.39, 0.29) is 5.28 Å². The number of rotatable bonds is 3. The maximum Gasteiger partial charge on any atom is 0.226 e. The van der Waals surface area contributed by atoms with E-state index in [9.17, 15) is 0 Å². The molecule has 6 rings (SSSR count). The van der Waals surface area contributed by atoms with E-state index in [1.54, 1.807) is 11.3 Å². The average molecular weight is 509 g/mol. The highest BCUT2D eigenvalue weighted by atomic mass is 35.5. The molecule has 4 aromatic carbocycles. The first kappa shape index (κ1) is 24.1. The van der Waals surface area contributed by atoms with Crippen molar-refractivity contribution < 1.29 is 0 Å². The van der Waals surface area contributed by atoms with Crippen LogP contribution in [0.2, 0.25) is 5.28 Å². The molecule has 3 nitrogen and oxygen atoms in total. The van der Waals surface area contributed by atoms with Crippen molar-refractivity contribution in [1.82, 2.24) is 15.0 Å². The highest BCUT2D eigenvalue weighted by molar-refractivity contribution is 7.26. The van der Waals surface area contributed by atoms with E-state index in [2.05, 4.69) is 110 Å². The van der Waals surface area contributed by atoms with E-state index in [4.69, 9.17) is 16.6 Å². The molecule has 0 aliphatic heterocycles. The molecule has 0 spiro atoms. The number of hydrogen-bond acceptors (Lipinski definition) is 4. The second-order valence-corrected chi connectivity index (χ2v) is 11.0. The van der Waals surface area contributed by atoms with Gasteiger partial charge in [0.25, 0.3) is 0 Å². The Bertz CT molecular complexity index is 1840. The molecule has 10 heteroatoms. The quantitative estimate of drug-likeness (QED) is 0.293. The summed E-state index contributed by atoms with van der Waals surface area (Å²) in [5.74, 6) is 1.17. The molecule has 0 atom stereocenters. The first-order valence-corrected chi connectivity index (χ1v) is 13.5. The summed E-state index contributed by atoms with van der Waals surface area (Å²) < 4.78 is 2.40. The molecule has 0 aliphatic rings. The molecule has 0 N–H and O–H groups in total. The predicted molar refractivity (Wildman–Crippen MR) is 175 cm³/mol. The van der Waals surface area contributed by atoms with Gasteiger partial charge in [0.1, 0.15) is 39.2 Å². The standard InChI is InChI=1S/C27H21B5ClN3S/c28-19-18(20(29)22(31)23(32)21(19)30)13-7-1-2-8-15(13)25-34-26(36-27(33)35-25)16-10-5-9-14-12-6-3-4-11-17(12)37-24(14)16/h1-11H,28-32H2. The topological polar surface area (TPSA) is 38.7 Å². The number of aromatic nitrogens is 3. The van der Waals surface area contributed by atoms with Crippen LogP contribution >= 0.6 is 22.9 Å². The van der Waals surface area contributed by atoms with Crippen LogP contribution in [0.1, 0.15) is 0 Å².